The summed E-state index contributed by atoms with van der Waals surface area (Å²) in [6.07, 6.45) is 8.24. The second kappa shape index (κ2) is 6.06. The van der Waals surface area contributed by atoms with Gasteiger partial charge in [-0.25, -0.2) is 0 Å². The van der Waals surface area contributed by atoms with Crippen molar-refractivity contribution in [1.29, 1.82) is 0 Å². The molecule has 0 radical (unpaired) electrons. The zero-order valence-electron chi connectivity index (χ0n) is 11.9. The first-order chi connectivity index (χ1) is 9.40. The van der Waals surface area contributed by atoms with Crippen LogP contribution in [0.15, 0.2) is 30.3 Å². The highest BCUT2D eigenvalue weighted by Crippen LogP contribution is 2.39. The van der Waals surface area contributed by atoms with E-state index in [0.717, 1.165) is 12.6 Å². The molecule has 2 heteroatoms. The van der Waals surface area contributed by atoms with Crippen LogP contribution in [0, 0.1) is 0 Å². The lowest BCUT2D eigenvalue weighted by Gasteiger charge is -2.39. The van der Waals surface area contributed by atoms with Gasteiger partial charge in [0.15, 0.2) is 0 Å². The Bertz CT molecular complexity index is 392. The van der Waals surface area contributed by atoms with Gasteiger partial charge in [-0.1, -0.05) is 50.1 Å². The first-order valence-corrected chi connectivity index (χ1v) is 7.84. The Morgan fingerprint density at radius 1 is 1.21 bits per heavy atom. The van der Waals surface area contributed by atoms with Gasteiger partial charge in [0.25, 0.3) is 0 Å². The summed E-state index contributed by atoms with van der Waals surface area (Å²) in [6.45, 7) is 3.16. The molecule has 1 aromatic carbocycles. The number of rotatable bonds is 4. The van der Waals surface area contributed by atoms with Crippen molar-refractivity contribution in [3.05, 3.63) is 35.9 Å². The standard InChI is InChI=1S/C17H25NO/c1-2-3-10-15-11-7-12-17-18(15)16(13-19-17)14-8-5-4-6-9-14/h4-6,8-9,15-17H,2-3,7,10-13H2,1H3. The fourth-order valence-electron chi connectivity index (χ4n) is 3.65. The fraction of sp³-hybridized carbons (Fsp3) is 0.647. The maximum Gasteiger partial charge on any atom is 0.111 e. The molecular formula is C17H25NO. The van der Waals surface area contributed by atoms with Crippen LogP contribution in [0.4, 0.5) is 0 Å². The highest BCUT2D eigenvalue weighted by atomic mass is 16.5. The van der Waals surface area contributed by atoms with Crippen molar-refractivity contribution >= 4 is 0 Å². The minimum absolute atomic E-state index is 0.376. The molecule has 3 unspecified atom stereocenters. The number of unbranched alkanes of at least 4 members (excludes halogenated alkanes) is 1. The topological polar surface area (TPSA) is 12.5 Å². The Hall–Kier alpha value is -0.860. The number of nitrogens with zero attached hydrogens (tertiary/aromatic N) is 1. The van der Waals surface area contributed by atoms with E-state index in [9.17, 15) is 0 Å². The van der Waals surface area contributed by atoms with E-state index in [-0.39, 0.29) is 0 Å². The molecule has 0 saturated carbocycles. The summed E-state index contributed by atoms with van der Waals surface area (Å²) in [5.74, 6) is 0. The van der Waals surface area contributed by atoms with Crippen LogP contribution in [0.2, 0.25) is 0 Å². The lowest BCUT2D eigenvalue weighted by Crippen LogP contribution is -2.44. The van der Waals surface area contributed by atoms with Crippen molar-refractivity contribution in [2.75, 3.05) is 6.61 Å². The average Bonchev–Trinajstić information content (AvgIpc) is 2.90. The van der Waals surface area contributed by atoms with Crippen LogP contribution < -0.4 is 0 Å². The number of benzene rings is 1. The lowest BCUT2D eigenvalue weighted by atomic mass is 9.93. The van der Waals surface area contributed by atoms with Gasteiger partial charge in [-0.05, 0) is 31.2 Å². The Labute approximate surface area is 116 Å². The fourth-order valence-corrected chi connectivity index (χ4v) is 3.65. The molecule has 3 rings (SSSR count). The lowest BCUT2D eigenvalue weighted by molar-refractivity contribution is -0.0286. The largest absolute Gasteiger partial charge is 0.361 e. The molecule has 2 saturated heterocycles. The predicted octanol–water partition coefficient (Wildman–Crippen LogP) is 4.13. The van der Waals surface area contributed by atoms with Gasteiger partial charge in [-0.3, -0.25) is 4.90 Å². The molecule has 19 heavy (non-hydrogen) atoms. The van der Waals surface area contributed by atoms with Crippen LogP contribution in [0.5, 0.6) is 0 Å². The highest BCUT2D eigenvalue weighted by Gasteiger charge is 2.41. The molecule has 2 nitrogen and oxygen atoms in total. The summed E-state index contributed by atoms with van der Waals surface area (Å²) in [7, 11) is 0. The molecule has 0 N–H and O–H groups in total. The van der Waals surface area contributed by atoms with Gasteiger partial charge in [0.1, 0.15) is 6.23 Å². The monoisotopic (exact) mass is 259 g/mol. The van der Waals surface area contributed by atoms with E-state index in [1.807, 2.05) is 0 Å². The van der Waals surface area contributed by atoms with Crippen molar-refractivity contribution < 1.29 is 4.74 Å². The molecule has 2 heterocycles. The molecule has 1 aromatic rings. The second-order valence-electron chi connectivity index (χ2n) is 5.89. The van der Waals surface area contributed by atoms with Crippen LogP contribution >= 0.6 is 0 Å². The summed E-state index contributed by atoms with van der Waals surface area (Å²) >= 11 is 0. The van der Waals surface area contributed by atoms with E-state index in [1.54, 1.807) is 0 Å². The van der Waals surface area contributed by atoms with Gasteiger partial charge in [0, 0.05) is 6.04 Å². The summed E-state index contributed by atoms with van der Waals surface area (Å²) in [4.78, 5) is 2.68. The van der Waals surface area contributed by atoms with Crippen molar-refractivity contribution in [3.8, 4) is 0 Å². The minimum Gasteiger partial charge on any atom is -0.361 e. The van der Waals surface area contributed by atoms with E-state index in [4.69, 9.17) is 4.74 Å². The van der Waals surface area contributed by atoms with Crippen LogP contribution in [-0.2, 0) is 4.74 Å². The number of hydrogen-bond acceptors (Lipinski definition) is 2. The predicted molar refractivity (Wildman–Crippen MR) is 77.9 cm³/mol. The maximum absolute atomic E-state index is 6.06. The SMILES string of the molecule is CCCCC1CCCC2OCC(c3ccccc3)N12. The second-order valence-corrected chi connectivity index (χ2v) is 5.89. The highest BCUT2D eigenvalue weighted by molar-refractivity contribution is 5.20. The van der Waals surface area contributed by atoms with Crippen molar-refractivity contribution in [1.82, 2.24) is 4.90 Å². The third kappa shape index (κ3) is 2.70. The third-order valence-corrected chi connectivity index (χ3v) is 4.62. The van der Waals surface area contributed by atoms with E-state index in [0.29, 0.717) is 12.3 Å². The zero-order chi connectivity index (χ0) is 13.1. The molecule has 2 aliphatic rings. The molecule has 0 aromatic heterocycles. The van der Waals surface area contributed by atoms with Crippen LogP contribution in [0.25, 0.3) is 0 Å². The molecule has 0 amide bonds. The van der Waals surface area contributed by atoms with Crippen LogP contribution in [-0.4, -0.2) is 23.8 Å². The number of hydrogen-bond donors (Lipinski definition) is 0. The van der Waals surface area contributed by atoms with Crippen LogP contribution in [0.3, 0.4) is 0 Å². The van der Waals surface area contributed by atoms with E-state index in [1.165, 1.54) is 44.1 Å². The molecular weight excluding hydrogens is 234 g/mol. The van der Waals surface area contributed by atoms with Crippen molar-refractivity contribution in [3.63, 3.8) is 0 Å². The minimum atomic E-state index is 0.376. The molecule has 2 fully saturated rings. The normalized spacial score (nSPS) is 31.3. The smallest absolute Gasteiger partial charge is 0.111 e. The quantitative estimate of drug-likeness (QED) is 0.806. The Kier molecular flexibility index (Phi) is 4.19. The first-order valence-electron chi connectivity index (χ1n) is 7.84. The molecule has 104 valence electrons. The van der Waals surface area contributed by atoms with Gasteiger partial charge >= 0.3 is 0 Å². The van der Waals surface area contributed by atoms with E-state index >= 15 is 0 Å². The van der Waals surface area contributed by atoms with E-state index in [2.05, 4.69) is 42.2 Å². The van der Waals surface area contributed by atoms with Gasteiger partial charge < -0.3 is 4.74 Å². The first kappa shape index (κ1) is 13.1. The number of piperidine rings is 1. The third-order valence-electron chi connectivity index (χ3n) is 4.62. The Morgan fingerprint density at radius 2 is 2.05 bits per heavy atom. The molecule has 0 spiro atoms. The number of fused-ring (bicyclic) bond motifs is 1. The molecule has 2 aliphatic heterocycles. The maximum atomic E-state index is 6.06. The van der Waals surface area contributed by atoms with Crippen molar-refractivity contribution in [2.45, 2.75) is 63.8 Å². The Balaban J connectivity index is 1.78. The molecule has 3 atom stereocenters. The Morgan fingerprint density at radius 3 is 2.84 bits per heavy atom. The summed E-state index contributed by atoms with van der Waals surface area (Å²) in [6, 6.07) is 12.1. The van der Waals surface area contributed by atoms with Gasteiger partial charge in [-0.2, -0.15) is 0 Å². The van der Waals surface area contributed by atoms with Gasteiger partial charge in [0.05, 0.1) is 12.6 Å². The van der Waals surface area contributed by atoms with Crippen molar-refractivity contribution in [2.24, 2.45) is 0 Å². The van der Waals surface area contributed by atoms with Gasteiger partial charge in [-0.15, -0.1) is 0 Å². The van der Waals surface area contributed by atoms with Crippen LogP contribution in [0.1, 0.15) is 57.1 Å². The van der Waals surface area contributed by atoms with E-state index < -0.39 is 0 Å². The summed E-state index contributed by atoms with van der Waals surface area (Å²) in [5.41, 5.74) is 1.42. The van der Waals surface area contributed by atoms with Gasteiger partial charge in [0.2, 0.25) is 0 Å². The summed E-state index contributed by atoms with van der Waals surface area (Å²) < 4.78 is 6.06. The number of ether oxygens (including phenoxy) is 1. The summed E-state index contributed by atoms with van der Waals surface area (Å²) in [5, 5.41) is 0. The average molecular weight is 259 g/mol. The zero-order valence-corrected chi connectivity index (χ0v) is 11.9. The molecule has 0 aliphatic carbocycles. The molecule has 0 bridgehead atoms.